The maximum atomic E-state index is 9.23. The molecule has 3 heteroatoms. The van der Waals surface area contributed by atoms with Gasteiger partial charge in [-0.3, -0.25) is 5.26 Å². The summed E-state index contributed by atoms with van der Waals surface area (Å²) in [7, 11) is 0. The third kappa shape index (κ3) is 2.47. The van der Waals surface area contributed by atoms with Crippen LogP contribution < -0.4 is 0 Å². The molecule has 0 fully saturated rings. The predicted octanol–water partition coefficient (Wildman–Crippen LogP) is 1.05. The summed E-state index contributed by atoms with van der Waals surface area (Å²) in [5, 5.41) is 17.4. The molecule has 60 valence electrons. The largest absolute Gasteiger partial charge is 0.390 e. The van der Waals surface area contributed by atoms with E-state index in [1.165, 1.54) is 6.08 Å². The molecule has 0 bridgehead atoms. The van der Waals surface area contributed by atoms with Crippen LogP contribution in [0.25, 0.3) is 0 Å². The first-order valence-corrected chi connectivity index (χ1v) is 3.24. The van der Waals surface area contributed by atoms with E-state index in [9.17, 15) is 5.11 Å². The van der Waals surface area contributed by atoms with Crippen LogP contribution in [0.3, 0.4) is 0 Å². The zero-order valence-electron chi connectivity index (χ0n) is 6.32. The van der Waals surface area contributed by atoms with Gasteiger partial charge in [-0.05, 0) is 5.92 Å². The fourth-order valence-corrected chi connectivity index (χ4v) is 0.624. The zero-order chi connectivity index (χ0) is 8.15. The topological polar surface area (TPSA) is 49.7 Å². The molecule has 0 aromatic heterocycles. The maximum Gasteiger partial charge on any atom is 0.137 e. The van der Waals surface area contributed by atoms with Crippen LogP contribution in [0.15, 0.2) is 12.7 Å². The molecule has 0 aromatic carbocycles. The van der Waals surface area contributed by atoms with E-state index in [0.717, 1.165) is 0 Å². The molecule has 10 heavy (non-hydrogen) atoms. The molecule has 0 saturated heterocycles. The lowest BCUT2D eigenvalue weighted by Gasteiger charge is -2.19. The highest BCUT2D eigenvalue weighted by Crippen LogP contribution is 2.08. The highest BCUT2D eigenvalue weighted by atomic mass is 17.1. The van der Waals surface area contributed by atoms with Gasteiger partial charge < -0.3 is 5.11 Å². The van der Waals surface area contributed by atoms with Gasteiger partial charge in [0.15, 0.2) is 0 Å². The molecule has 0 amide bonds. The number of hydrogen-bond acceptors (Lipinski definition) is 3. The molecule has 0 radical (unpaired) electrons. The van der Waals surface area contributed by atoms with E-state index in [2.05, 4.69) is 11.5 Å². The predicted molar refractivity (Wildman–Crippen MR) is 38.5 cm³/mol. The van der Waals surface area contributed by atoms with Gasteiger partial charge in [0.05, 0.1) is 6.10 Å². The molecule has 0 aliphatic carbocycles. The van der Waals surface area contributed by atoms with Gasteiger partial charge in [0.2, 0.25) is 0 Å². The van der Waals surface area contributed by atoms with Crippen LogP contribution >= 0.6 is 0 Å². The highest BCUT2D eigenvalue weighted by Gasteiger charge is 2.19. The van der Waals surface area contributed by atoms with Crippen LogP contribution in [0, 0.1) is 5.92 Å². The molecule has 0 rings (SSSR count). The molecule has 0 saturated carbocycles. The zero-order valence-corrected chi connectivity index (χ0v) is 6.32. The molecule has 0 unspecified atom stereocenters. The van der Waals surface area contributed by atoms with E-state index < -0.39 is 12.2 Å². The van der Waals surface area contributed by atoms with Crippen LogP contribution in [0.2, 0.25) is 0 Å². The molecule has 0 spiro atoms. The summed E-state index contributed by atoms with van der Waals surface area (Å²) >= 11 is 0. The van der Waals surface area contributed by atoms with E-state index in [0.29, 0.717) is 0 Å². The number of rotatable bonds is 4. The molecular formula is C7H14O3. The lowest BCUT2D eigenvalue weighted by molar-refractivity contribution is -0.286. The summed E-state index contributed by atoms with van der Waals surface area (Å²) in [6, 6.07) is 0. The molecule has 2 N–H and O–H groups in total. The third-order valence-electron chi connectivity index (χ3n) is 1.37. The molecular weight excluding hydrogens is 132 g/mol. The van der Waals surface area contributed by atoms with Crippen molar-refractivity contribution in [2.75, 3.05) is 0 Å². The Kier molecular flexibility index (Phi) is 4.27. The first kappa shape index (κ1) is 9.62. The SMILES string of the molecule is C=C[C@@H](OO)[C@H](O)C(C)C. The Labute approximate surface area is 60.9 Å². The lowest BCUT2D eigenvalue weighted by atomic mass is 10.0. The third-order valence-corrected chi connectivity index (χ3v) is 1.37. The van der Waals surface area contributed by atoms with Crippen LogP contribution in [0.1, 0.15) is 13.8 Å². The van der Waals surface area contributed by atoms with Crippen LogP contribution in [0.5, 0.6) is 0 Å². The second-order valence-corrected chi connectivity index (χ2v) is 2.54. The van der Waals surface area contributed by atoms with Crippen molar-refractivity contribution in [2.24, 2.45) is 5.92 Å². The van der Waals surface area contributed by atoms with Gasteiger partial charge in [-0.25, -0.2) is 4.89 Å². The Morgan fingerprint density at radius 2 is 2.00 bits per heavy atom. The summed E-state index contributed by atoms with van der Waals surface area (Å²) in [6.45, 7) is 7.06. The summed E-state index contributed by atoms with van der Waals surface area (Å²) in [4.78, 5) is 3.95. The smallest absolute Gasteiger partial charge is 0.137 e. The number of aliphatic hydroxyl groups is 1. The van der Waals surface area contributed by atoms with Gasteiger partial charge in [-0.15, -0.1) is 6.58 Å². The Hall–Kier alpha value is -0.380. The van der Waals surface area contributed by atoms with Gasteiger partial charge >= 0.3 is 0 Å². The van der Waals surface area contributed by atoms with Crippen molar-refractivity contribution in [2.45, 2.75) is 26.1 Å². The second-order valence-electron chi connectivity index (χ2n) is 2.54. The molecule has 3 nitrogen and oxygen atoms in total. The fraction of sp³-hybridized carbons (Fsp3) is 0.714. The normalized spacial score (nSPS) is 16.9. The van der Waals surface area contributed by atoms with Crippen molar-refractivity contribution in [3.8, 4) is 0 Å². The average Bonchev–Trinajstić information content (AvgIpc) is 1.90. The van der Waals surface area contributed by atoms with E-state index in [1.807, 2.05) is 13.8 Å². The minimum atomic E-state index is -0.692. The number of aliphatic hydroxyl groups excluding tert-OH is 1. The van der Waals surface area contributed by atoms with Crippen molar-refractivity contribution in [1.29, 1.82) is 0 Å². The van der Waals surface area contributed by atoms with Crippen molar-refractivity contribution >= 4 is 0 Å². The van der Waals surface area contributed by atoms with Crippen molar-refractivity contribution in [3.63, 3.8) is 0 Å². The average molecular weight is 146 g/mol. The minimum Gasteiger partial charge on any atom is -0.390 e. The fourth-order valence-electron chi connectivity index (χ4n) is 0.624. The van der Waals surface area contributed by atoms with Gasteiger partial charge in [0.25, 0.3) is 0 Å². The molecule has 0 aliphatic rings. The van der Waals surface area contributed by atoms with E-state index in [4.69, 9.17) is 5.26 Å². The summed E-state index contributed by atoms with van der Waals surface area (Å²) in [5.74, 6) is 0.0511. The molecule has 0 aliphatic heterocycles. The van der Waals surface area contributed by atoms with Crippen LogP contribution in [-0.2, 0) is 4.89 Å². The van der Waals surface area contributed by atoms with E-state index in [1.54, 1.807) is 0 Å². The quantitative estimate of drug-likeness (QED) is 0.354. The first-order chi connectivity index (χ1) is 4.63. The van der Waals surface area contributed by atoms with Crippen molar-refractivity contribution < 1.29 is 15.3 Å². The Bertz CT molecular complexity index is 101. The standard InChI is InChI=1S/C7H14O3/c1-4-6(10-9)7(8)5(2)3/h4-9H,1H2,2-3H3/t6-,7-/m1/s1. The Morgan fingerprint density at radius 1 is 1.50 bits per heavy atom. The molecule has 0 aromatic rings. The van der Waals surface area contributed by atoms with Crippen LogP contribution in [-0.4, -0.2) is 22.6 Å². The van der Waals surface area contributed by atoms with E-state index in [-0.39, 0.29) is 5.92 Å². The van der Waals surface area contributed by atoms with Gasteiger partial charge in [-0.2, -0.15) is 0 Å². The van der Waals surface area contributed by atoms with Crippen LogP contribution in [0.4, 0.5) is 0 Å². The van der Waals surface area contributed by atoms with Crippen molar-refractivity contribution in [1.82, 2.24) is 0 Å². The summed E-state index contributed by atoms with van der Waals surface area (Å²) in [5.41, 5.74) is 0. The van der Waals surface area contributed by atoms with E-state index >= 15 is 0 Å². The maximum absolute atomic E-state index is 9.23. The monoisotopic (exact) mass is 146 g/mol. The summed E-state index contributed by atoms with van der Waals surface area (Å²) < 4.78 is 0. The Morgan fingerprint density at radius 3 is 2.10 bits per heavy atom. The number of hydrogen-bond donors (Lipinski definition) is 2. The Balaban J connectivity index is 3.87. The molecule has 2 atom stereocenters. The van der Waals surface area contributed by atoms with Crippen molar-refractivity contribution in [3.05, 3.63) is 12.7 Å². The van der Waals surface area contributed by atoms with Gasteiger partial charge in [0, 0.05) is 0 Å². The lowest BCUT2D eigenvalue weighted by Crippen LogP contribution is -2.30. The van der Waals surface area contributed by atoms with Gasteiger partial charge in [0.1, 0.15) is 6.10 Å². The highest BCUT2D eigenvalue weighted by molar-refractivity contribution is 4.86. The minimum absolute atomic E-state index is 0.0511. The second kappa shape index (κ2) is 4.44. The summed E-state index contributed by atoms with van der Waals surface area (Å²) in [6.07, 6.45) is -0.00694. The van der Waals surface area contributed by atoms with Gasteiger partial charge in [-0.1, -0.05) is 19.9 Å². The first-order valence-electron chi connectivity index (χ1n) is 3.24. The molecule has 0 heterocycles.